The van der Waals surface area contributed by atoms with Gasteiger partial charge in [-0.3, -0.25) is 4.79 Å². The lowest BCUT2D eigenvalue weighted by atomic mass is 9.97. The molecular formula is C16H14BrClN2O. The Balaban J connectivity index is 1.85. The summed E-state index contributed by atoms with van der Waals surface area (Å²) in [5, 5.41) is 0.600. The average Bonchev–Trinajstić information content (AvgIpc) is 2.49. The fourth-order valence-electron chi connectivity index (χ4n) is 2.62. The van der Waals surface area contributed by atoms with Crippen LogP contribution in [0, 0.1) is 0 Å². The van der Waals surface area contributed by atoms with Crippen LogP contribution in [0.25, 0.3) is 0 Å². The van der Waals surface area contributed by atoms with Crippen molar-refractivity contribution in [3.8, 4) is 0 Å². The number of amides is 1. The van der Waals surface area contributed by atoms with Crippen LogP contribution in [0.3, 0.4) is 0 Å². The van der Waals surface area contributed by atoms with Crippen molar-refractivity contribution in [3.05, 3.63) is 62.6 Å². The molecule has 5 heteroatoms. The zero-order valence-electron chi connectivity index (χ0n) is 11.3. The summed E-state index contributed by atoms with van der Waals surface area (Å²) in [6, 6.07) is 11.1. The third kappa shape index (κ3) is 2.78. The highest BCUT2D eigenvalue weighted by atomic mass is 79.9. The van der Waals surface area contributed by atoms with Gasteiger partial charge in [0.05, 0.1) is 5.02 Å². The Bertz CT molecular complexity index is 717. The molecule has 2 aromatic carbocycles. The molecule has 0 saturated heterocycles. The van der Waals surface area contributed by atoms with Gasteiger partial charge in [0.2, 0.25) is 0 Å². The SMILES string of the molecule is Nc1cccc2c1CCN(C(=O)c1ccc(Cl)c(Br)c1)C2. The lowest BCUT2D eigenvalue weighted by Gasteiger charge is -2.29. The smallest absolute Gasteiger partial charge is 0.254 e. The van der Waals surface area contributed by atoms with Crippen LogP contribution in [0.4, 0.5) is 5.69 Å². The first-order valence-corrected chi connectivity index (χ1v) is 7.84. The van der Waals surface area contributed by atoms with Crippen LogP contribution < -0.4 is 5.73 Å². The highest BCUT2D eigenvalue weighted by Crippen LogP contribution is 2.27. The monoisotopic (exact) mass is 364 g/mol. The fourth-order valence-corrected chi connectivity index (χ4v) is 3.12. The summed E-state index contributed by atoms with van der Waals surface area (Å²) < 4.78 is 0.733. The minimum absolute atomic E-state index is 0.0143. The number of anilines is 1. The van der Waals surface area contributed by atoms with Crippen LogP contribution in [-0.4, -0.2) is 17.4 Å². The van der Waals surface area contributed by atoms with Crippen molar-refractivity contribution < 1.29 is 4.79 Å². The molecule has 1 amide bonds. The molecule has 0 spiro atoms. The maximum absolute atomic E-state index is 12.6. The van der Waals surface area contributed by atoms with Gasteiger partial charge in [0.15, 0.2) is 0 Å². The normalized spacial score (nSPS) is 13.9. The minimum Gasteiger partial charge on any atom is -0.398 e. The summed E-state index contributed by atoms with van der Waals surface area (Å²) in [6.45, 7) is 1.28. The molecule has 0 fully saturated rings. The van der Waals surface area contributed by atoms with Crippen LogP contribution in [0.2, 0.25) is 5.02 Å². The third-order valence-corrected chi connectivity index (χ3v) is 4.97. The minimum atomic E-state index is 0.0143. The van der Waals surface area contributed by atoms with Crippen LogP contribution >= 0.6 is 27.5 Å². The van der Waals surface area contributed by atoms with Crippen molar-refractivity contribution in [2.75, 3.05) is 12.3 Å². The second-order valence-electron chi connectivity index (χ2n) is 5.09. The maximum atomic E-state index is 12.6. The fraction of sp³-hybridized carbons (Fsp3) is 0.188. The molecule has 0 aromatic heterocycles. The van der Waals surface area contributed by atoms with Crippen LogP contribution in [-0.2, 0) is 13.0 Å². The van der Waals surface area contributed by atoms with Crippen molar-refractivity contribution in [1.82, 2.24) is 4.90 Å². The number of hydrogen-bond acceptors (Lipinski definition) is 2. The van der Waals surface area contributed by atoms with Gasteiger partial charge < -0.3 is 10.6 Å². The number of halogens is 2. The molecule has 21 heavy (non-hydrogen) atoms. The molecule has 0 bridgehead atoms. The van der Waals surface area contributed by atoms with E-state index in [0.29, 0.717) is 23.7 Å². The van der Waals surface area contributed by atoms with Crippen LogP contribution in [0.5, 0.6) is 0 Å². The number of nitrogens with two attached hydrogens (primary N) is 1. The molecule has 0 radical (unpaired) electrons. The Kier molecular flexibility index (Phi) is 3.91. The van der Waals surface area contributed by atoms with E-state index in [1.807, 2.05) is 23.1 Å². The molecule has 1 aliphatic heterocycles. The average molecular weight is 366 g/mol. The van der Waals surface area contributed by atoms with Crippen molar-refractivity contribution in [1.29, 1.82) is 0 Å². The van der Waals surface area contributed by atoms with Gasteiger partial charge in [0.1, 0.15) is 0 Å². The zero-order valence-corrected chi connectivity index (χ0v) is 13.6. The van der Waals surface area contributed by atoms with E-state index < -0.39 is 0 Å². The molecule has 108 valence electrons. The van der Waals surface area contributed by atoms with Gasteiger partial charge in [-0.15, -0.1) is 0 Å². The Morgan fingerprint density at radius 1 is 1.29 bits per heavy atom. The van der Waals surface area contributed by atoms with E-state index >= 15 is 0 Å². The number of benzene rings is 2. The number of carbonyl (C=O) groups excluding carboxylic acids is 1. The first-order chi connectivity index (χ1) is 10.1. The van der Waals surface area contributed by atoms with Crippen molar-refractivity contribution in [3.63, 3.8) is 0 Å². The molecule has 1 heterocycles. The topological polar surface area (TPSA) is 46.3 Å². The summed E-state index contributed by atoms with van der Waals surface area (Å²) in [5.74, 6) is 0.0143. The largest absolute Gasteiger partial charge is 0.398 e. The number of carbonyl (C=O) groups is 1. The molecule has 0 saturated carbocycles. The highest BCUT2D eigenvalue weighted by molar-refractivity contribution is 9.10. The summed E-state index contributed by atoms with van der Waals surface area (Å²) in [4.78, 5) is 14.4. The molecular weight excluding hydrogens is 352 g/mol. The lowest BCUT2D eigenvalue weighted by molar-refractivity contribution is 0.0735. The van der Waals surface area contributed by atoms with Gasteiger partial charge in [-0.05, 0) is 57.7 Å². The molecule has 0 atom stereocenters. The van der Waals surface area contributed by atoms with Gasteiger partial charge in [-0.25, -0.2) is 0 Å². The first-order valence-electron chi connectivity index (χ1n) is 6.67. The van der Waals surface area contributed by atoms with Crippen molar-refractivity contribution >= 4 is 39.1 Å². The summed E-state index contributed by atoms with van der Waals surface area (Å²) in [6.07, 6.45) is 0.794. The summed E-state index contributed by atoms with van der Waals surface area (Å²) in [5.41, 5.74) is 9.73. The van der Waals surface area contributed by atoms with E-state index in [2.05, 4.69) is 15.9 Å². The first kappa shape index (κ1) is 14.4. The third-order valence-electron chi connectivity index (χ3n) is 3.76. The molecule has 0 unspecified atom stereocenters. The molecule has 1 aliphatic rings. The standard InChI is InChI=1S/C16H14BrClN2O/c17-13-8-10(4-5-14(13)18)16(21)20-7-6-12-11(9-20)2-1-3-15(12)19/h1-5,8H,6-7,9,19H2. The van der Waals surface area contributed by atoms with Gasteiger partial charge >= 0.3 is 0 Å². The van der Waals surface area contributed by atoms with Crippen molar-refractivity contribution in [2.45, 2.75) is 13.0 Å². The zero-order chi connectivity index (χ0) is 15.0. The number of hydrogen-bond donors (Lipinski definition) is 1. The van der Waals surface area contributed by atoms with E-state index in [-0.39, 0.29) is 5.91 Å². The lowest BCUT2D eigenvalue weighted by Crippen LogP contribution is -2.36. The number of rotatable bonds is 1. The Morgan fingerprint density at radius 3 is 2.86 bits per heavy atom. The molecule has 3 nitrogen and oxygen atoms in total. The Morgan fingerprint density at radius 2 is 2.10 bits per heavy atom. The summed E-state index contributed by atoms with van der Waals surface area (Å²) >= 11 is 9.32. The van der Waals surface area contributed by atoms with E-state index in [0.717, 1.165) is 22.1 Å². The number of nitrogen functional groups attached to an aromatic ring is 1. The number of fused-ring (bicyclic) bond motifs is 1. The van der Waals surface area contributed by atoms with Gasteiger partial charge in [-0.2, -0.15) is 0 Å². The molecule has 2 N–H and O–H groups in total. The number of nitrogens with zero attached hydrogens (tertiary/aromatic N) is 1. The molecule has 2 aromatic rings. The van der Waals surface area contributed by atoms with E-state index in [1.165, 1.54) is 5.56 Å². The second-order valence-corrected chi connectivity index (χ2v) is 6.35. The predicted molar refractivity (Wildman–Crippen MR) is 88.5 cm³/mol. The van der Waals surface area contributed by atoms with Crippen molar-refractivity contribution in [2.24, 2.45) is 0 Å². The Hall–Kier alpha value is -1.52. The van der Waals surface area contributed by atoms with E-state index in [1.54, 1.807) is 18.2 Å². The van der Waals surface area contributed by atoms with Crippen LogP contribution in [0.15, 0.2) is 40.9 Å². The van der Waals surface area contributed by atoms with E-state index in [4.69, 9.17) is 17.3 Å². The molecule has 3 rings (SSSR count). The van der Waals surface area contributed by atoms with E-state index in [9.17, 15) is 4.79 Å². The van der Waals surface area contributed by atoms with Gasteiger partial charge in [0.25, 0.3) is 5.91 Å². The summed E-state index contributed by atoms with van der Waals surface area (Å²) in [7, 11) is 0. The van der Waals surface area contributed by atoms with Gasteiger partial charge in [-0.1, -0.05) is 23.7 Å². The maximum Gasteiger partial charge on any atom is 0.254 e. The van der Waals surface area contributed by atoms with Gasteiger partial charge in [0, 0.05) is 28.8 Å². The Labute approximate surface area is 136 Å². The van der Waals surface area contributed by atoms with Crippen LogP contribution in [0.1, 0.15) is 21.5 Å². The molecule has 0 aliphatic carbocycles. The predicted octanol–water partition coefficient (Wildman–Crippen LogP) is 3.88. The highest BCUT2D eigenvalue weighted by Gasteiger charge is 2.23. The second kappa shape index (κ2) is 5.70. The quantitative estimate of drug-likeness (QED) is 0.780.